The third kappa shape index (κ3) is 3.73. The van der Waals surface area contributed by atoms with Gasteiger partial charge in [0.25, 0.3) is 0 Å². The van der Waals surface area contributed by atoms with E-state index in [2.05, 4.69) is 11.1 Å². The summed E-state index contributed by atoms with van der Waals surface area (Å²) in [6, 6.07) is 20.2. The van der Waals surface area contributed by atoms with Crippen molar-refractivity contribution in [2.75, 3.05) is 12.0 Å². The van der Waals surface area contributed by atoms with Crippen LogP contribution in [0.4, 0.5) is 5.82 Å². The lowest BCUT2D eigenvalue weighted by Gasteiger charge is -2.10. The van der Waals surface area contributed by atoms with Crippen LogP contribution >= 0.6 is 0 Å². The van der Waals surface area contributed by atoms with Gasteiger partial charge in [0.05, 0.1) is 16.2 Å². The highest BCUT2D eigenvalue weighted by atomic mass is 32.2. The van der Waals surface area contributed by atoms with E-state index in [4.69, 9.17) is 5.73 Å². The minimum atomic E-state index is -3.26. The average Bonchev–Trinajstić information content (AvgIpc) is 2.62. The first-order chi connectivity index (χ1) is 12.4. The molecule has 0 aliphatic heterocycles. The molecule has 0 saturated carbocycles. The largest absolute Gasteiger partial charge is 0.383 e. The second-order valence-corrected chi connectivity index (χ2v) is 8.01. The summed E-state index contributed by atoms with van der Waals surface area (Å²) < 4.78 is 23.2. The van der Waals surface area contributed by atoms with Crippen LogP contribution in [-0.4, -0.2) is 19.7 Å². The highest BCUT2D eigenvalue weighted by molar-refractivity contribution is 7.90. The van der Waals surface area contributed by atoms with Gasteiger partial charge in [-0.1, -0.05) is 42.5 Å². The lowest BCUT2D eigenvalue weighted by Crippen LogP contribution is -2.03. The molecular weight excluding hydrogens is 346 g/mol. The molecule has 6 heteroatoms. The minimum absolute atomic E-state index is 0.170. The van der Waals surface area contributed by atoms with Gasteiger partial charge in [0, 0.05) is 11.8 Å². The van der Waals surface area contributed by atoms with Crippen molar-refractivity contribution >= 4 is 15.7 Å². The Morgan fingerprint density at radius 1 is 1.08 bits per heavy atom. The van der Waals surface area contributed by atoms with Gasteiger partial charge in [-0.15, -0.1) is 0 Å². The molecule has 5 nitrogen and oxygen atoms in total. The molecule has 0 fully saturated rings. The maximum Gasteiger partial charge on any atom is 0.175 e. The first-order valence-corrected chi connectivity index (χ1v) is 9.81. The Hall–Kier alpha value is -3.17. The van der Waals surface area contributed by atoms with Crippen LogP contribution in [0.1, 0.15) is 16.7 Å². The molecule has 3 rings (SSSR count). The summed E-state index contributed by atoms with van der Waals surface area (Å²) in [7, 11) is -3.26. The van der Waals surface area contributed by atoms with E-state index in [1.807, 2.05) is 36.4 Å². The molecule has 0 spiro atoms. The smallest absolute Gasteiger partial charge is 0.175 e. The zero-order chi connectivity index (χ0) is 18.7. The number of nitrogens with two attached hydrogens (primary N) is 1. The standard InChI is InChI=1S/C20H17N3O2S/c1-26(24,25)17-9-7-15(8-10-17)19-12-16(18(13-21)20(22)23-19)11-14-5-3-2-4-6-14/h2-10,12H,11H2,1H3,(H2,22,23). The van der Waals surface area contributed by atoms with Crippen LogP contribution in [0, 0.1) is 11.3 Å². The van der Waals surface area contributed by atoms with Crippen LogP contribution in [0.5, 0.6) is 0 Å². The quantitative estimate of drug-likeness (QED) is 0.768. The van der Waals surface area contributed by atoms with Gasteiger partial charge in [0.2, 0.25) is 0 Å². The third-order valence-corrected chi connectivity index (χ3v) is 5.19. The van der Waals surface area contributed by atoms with Crippen molar-refractivity contribution in [1.29, 1.82) is 5.26 Å². The van der Waals surface area contributed by atoms with Crippen LogP contribution in [0.15, 0.2) is 65.6 Å². The summed E-state index contributed by atoms with van der Waals surface area (Å²) in [6.45, 7) is 0. The molecule has 0 atom stereocenters. The van der Waals surface area contributed by atoms with Crippen LogP contribution in [0.25, 0.3) is 11.3 Å². The predicted octanol–water partition coefficient (Wildman–Crippen LogP) is 3.20. The van der Waals surface area contributed by atoms with Crippen molar-refractivity contribution in [3.8, 4) is 17.3 Å². The highest BCUT2D eigenvalue weighted by Gasteiger charge is 2.13. The number of nitrogens with zero attached hydrogens (tertiary/aromatic N) is 2. The van der Waals surface area contributed by atoms with Gasteiger partial charge in [-0.3, -0.25) is 0 Å². The van der Waals surface area contributed by atoms with Gasteiger partial charge in [-0.2, -0.15) is 5.26 Å². The summed E-state index contributed by atoms with van der Waals surface area (Å²) in [5, 5.41) is 9.43. The summed E-state index contributed by atoms with van der Waals surface area (Å²) in [6.07, 6.45) is 1.72. The molecular formula is C20H17N3O2S. The molecule has 0 aliphatic rings. The lowest BCUT2D eigenvalue weighted by molar-refractivity contribution is 0.602. The number of sulfone groups is 1. The van der Waals surface area contributed by atoms with Gasteiger partial charge >= 0.3 is 0 Å². The molecule has 26 heavy (non-hydrogen) atoms. The SMILES string of the molecule is CS(=O)(=O)c1ccc(-c2cc(Cc3ccccc3)c(C#N)c(N)n2)cc1. The maximum atomic E-state index is 11.6. The van der Waals surface area contributed by atoms with Gasteiger partial charge in [-0.25, -0.2) is 13.4 Å². The molecule has 0 amide bonds. The van der Waals surface area contributed by atoms with Crippen molar-refractivity contribution in [2.45, 2.75) is 11.3 Å². The van der Waals surface area contributed by atoms with Crippen molar-refractivity contribution in [3.63, 3.8) is 0 Å². The van der Waals surface area contributed by atoms with Gasteiger partial charge < -0.3 is 5.73 Å². The van der Waals surface area contributed by atoms with E-state index in [-0.39, 0.29) is 10.7 Å². The van der Waals surface area contributed by atoms with Gasteiger partial charge in [0.15, 0.2) is 9.84 Å². The first-order valence-electron chi connectivity index (χ1n) is 7.92. The van der Waals surface area contributed by atoms with E-state index in [1.54, 1.807) is 12.1 Å². The number of hydrogen-bond donors (Lipinski definition) is 1. The zero-order valence-corrected chi connectivity index (χ0v) is 15.0. The highest BCUT2D eigenvalue weighted by Crippen LogP contribution is 2.26. The maximum absolute atomic E-state index is 11.6. The second-order valence-electron chi connectivity index (χ2n) is 6.00. The molecule has 130 valence electrons. The van der Waals surface area contributed by atoms with E-state index in [1.165, 1.54) is 12.1 Å². The van der Waals surface area contributed by atoms with E-state index in [9.17, 15) is 13.7 Å². The number of rotatable bonds is 4. The second kappa shape index (κ2) is 6.98. The van der Waals surface area contributed by atoms with Crippen molar-refractivity contribution in [2.24, 2.45) is 0 Å². The number of hydrogen-bond acceptors (Lipinski definition) is 5. The minimum Gasteiger partial charge on any atom is -0.383 e. The normalized spacial score (nSPS) is 11.1. The molecule has 1 aromatic heterocycles. The van der Waals surface area contributed by atoms with E-state index in [0.29, 0.717) is 17.7 Å². The Morgan fingerprint density at radius 3 is 2.31 bits per heavy atom. The molecule has 2 aromatic carbocycles. The fourth-order valence-corrected chi connectivity index (χ4v) is 3.36. The van der Waals surface area contributed by atoms with Gasteiger partial charge in [-0.05, 0) is 35.7 Å². The Morgan fingerprint density at radius 2 is 1.73 bits per heavy atom. The molecule has 0 radical (unpaired) electrons. The van der Waals surface area contributed by atoms with Crippen LogP contribution in [0.3, 0.4) is 0 Å². The number of nitriles is 1. The molecule has 2 N–H and O–H groups in total. The molecule has 0 unspecified atom stereocenters. The molecule has 3 aromatic rings. The molecule has 0 saturated heterocycles. The zero-order valence-electron chi connectivity index (χ0n) is 14.2. The fraction of sp³-hybridized carbons (Fsp3) is 0.100. The predicted molar refractivity (Wildman–Crippen MR) is 101 cm³/mol. The number of nitrogen functional groups attached to an aromatic ring is 1. The monoisotopic (exact) mass is 363 g/mol. The van der Waals surface area contributed by atoms with Crippen LogP contribution in [-0.2, 0) is 16.3 Å². The Labute approximate surface area is 152 Å². The van der Waals surface area contributed by atoms with E-state index < -0.39 is 9.84 Å². The summed E-state index contributed by atoms with van der Waals surface area (Å²) >= 11 is 0. The summed E-state index contributed by atoms with van der Waals surface area (Å²) in [4.78, 5) is 4.56. The summed E-state index contributed by atoms with van der Waals surface area (Å²) in [5.74, 6) is 0.170. The van der Waals surface area contributed by atoms with Crippen LogP contribution in [0.2, 0.25) is 0 Å². The molecule has 1 heterocycles. The van der Waals surface area contributed by atoms with Crippen molar-refractivity contribution in [3.05, 3.63) is 77.4 Å². The molecule has 0 aliphatic carbocycles. The topological polar surface area (TPSA) is 96.8 Å². The Bertz CT molecular complexity index is 1080. The van der Waals surface area contributed by atoms with E-state index in [0.717, 1.165) is 22.9 Å². The van der Waals surface area contributed by atoms with Crippen molar-refractivity contribution < 1.29 is 8.42 Å². The van der Waals surface area contributed by atoms with Crippen molar-refractivity contribution in [1.82, 2.24) is 4.98 Å². The van der Waals surface area contributed by atoms with Gasteiger partial charge in [0.1, 0.15) is 11.9 Å². The number of benzene rings is 2. The Kier molecular flexibility index (Phi) is 4.74. The van der Waals surface area contributed by atoms with E-state index >= 15 is 0 Å². The summed E-state index contributed by atoms with van der Waals surface area (Å²) in [5.41, 5.74) is 9.55. The first kappa shape index (κ1) is 17.6. The number of aromatic nitrogens is 1. The van der Waals surface area contributed by atoms with Crippen LogP contribution < -0.4 is 5.73 Å². The number of pyridine rings is 1. The average molecular weight is 363 g/mol. The fourth-order valence-electron chi connectivity index (χ4n) is 2.72. The lowest BCUT2D eigenvalue weighted by atomic mass is 9.98. The Balaban J connectivity index is 2.05. The molecule has 0 bridgehead atoms. The number of anilines is 1. The third-order valence-electron chi connectivity index (χ3n) is 4.06.